The molecule has 0 spiro atoms. The van der Waals surface area contributed by atoms with Crippen LogP contribution in [0.1, 0.15) is 33.4 Å². The third-order valence-corrected chi connectivity index (χ3v) is 6.98. The minimum absolute atomic E-state index is 0.0640. The molecule has 0 bridgehead atoms. The van der Waals surface area contributed by atoms with Crippen LogP contribution in [-0.2, 0) is 35.5 Å². The fraction of sp³-hybridized carbons (Fsp3) is 0.235. The van der Waals surface area contributed by atoms with Gasteiger partial charge in [-0.3, -0.25) is 9.59 Å². The van der Waals surface area contributed by atoms with Crippen LogP contribution in [0.25, 0.3) is 0 Å². The lowest BCUT2D eigenvalue weighted by molar-refractivity contribution is -0.135. The van der Waals surface area contributed by atoms with Gasteiger partial charge in [0.15, 0.2) is 0 Å². The fourth-order valence-corrected chi connectivity index (χ4v) is 4.60. The van der Waals surface area contributed by atoms with Crippen molar-refractivity contribution < 1.29 is 9.59 Å². The van der Waals surface area contributed by atoms with E-state index in [1.165, 1.54) is 0 Å². The van der Waals surface area contributed by atoms with Crippen molar-refractivity contribution in [1.82, 2.24) is 9.80 Å². The normalized spacial score (nSPS) is 10.7. The van der Waals surface area contributed by atoms with E-state index < -0.39 is 0 Å². The molecule has 4 aromatic rings. The molecule has 4 heteroatoms. The summed E-state index contributed by atoms with van der Waals surface area (Å²) in [5, 5.41) is 0. The summed E-state index contributed by atoms with van der Waals surface area (Å²) in [4.78, 5) is 30.9. The van der Waals surface area contributed by atoms with E-state index in [9.17, 15) is 9.59 Å². The maximum atomic E-state index is 13.6. The largest absolute Gasteiger partial charge is 0.336 e. The molecule has 38 heavy (non-hydrogen) atoms. The van der Waals surface area contributed by atoms with Crippen molar-refractivity contribution in [3.63, 3.8) is 0 Å². The van der Waals surface area contributed by atoms with E-state index in [0.717, 1.165) is 33.4 Å². The number of carbonyl (C=O) groups excluding carboxylic acids is 2. The highest BCUT2D eigenvalue weighted by molar-refractivity contribution is 5.80. The number of amides is 2. The Kier molecular flexibility index (Phi) is 9.47. The van der Waals surface area contributed by atoms with Crippen molar-refractivity contribution >= 4 is 11.8 Å². The first-order valence-electron chi connectivity index (χ1n) is 13.2. The first-order chi connectivity index (χ1) is 18.5. The number of hydrogen-bond donors (Lipinski definition) is 0. The molecule has 0 heterocycles. The Bertz CT molecular complexity index is 1230. The Morgan fingerprint density at radius 1 is 0.500 bits per heavy atom. The number of aryl methyl sites for hydroxylation is 2. The van der Waals surface area contributed by atoms with Gasteiger partial charge in [-0.15, -0.1) is 0 Å². The predicted octanol–water partition coefficient (Wildman–Crippen LogP) is 6.15. The monoisotopic (exact) mass is 504 g/mol. The fourth-order valence-electron chi connectivity index (χ4n) is 4.60. The highest BCUT2D eigenvalue weighted by atomic mass is 16.2. The maximum Gasteiger partial charge on any atom is 0.227 e. The van der Waals surface area contributed by atoms with Crippen molar-refractivity contribution in [1.29, 1.82) is 0 Å². The number of carbonyl (C=O) groups is 2. The van der Waals surface area contributed by atoms with Gasteiger partial charge in [-0.25, -0.2) is 0 Å². The van der Waals surface area contributed by atoms with Gasteiger partial charge in [0.1, 0.15) is 0 Å². The molecule has 0 aliphatic carbocycles. The van der Waals surface area contributed by atoms with Gasteiger partial charge in [0, 0.05) is 26.2 Å². The molecule has 0 N–H and O–H groups in total. The van der Waals surface area contributed by atoms with E-state index >= 15 is 0 Å². The molecular weight excluding hydrogens is 468 g/mol. The predicted molar refractivity (Wildman–Crippen MR) is 153 cm³/mol. The molecular formula is C34H36N2O2. The topological polar surface area (TPSA) is 40.6 Å². The van der Waals surface area contributed by atoms with Gasteiger partial charge in [0.05, 0.1) is 12.8 Å². The molecule has 0 aliphatic heterocycles. The molecule has 194 valence electrons. The molecule has 0 unspecified atom stereocenters. The van der Waals surface area contributed by atoms with Crippen LogP contribution in [0.3, 0.4) is 0 Å². The first kappa shape index (κ1) is 26.9. The number of hydrogen-bond acceptors (Lipinski definition) is 2. The van der Waals surface area contributed by atoms with Gasteiger partial charge in [-0.1, -0.05) is 109 Å². The lowest BCUT2D eigenvalue weighted by Gasteiger charge is -2.29. The number of benzene rings is 4. The van der Waals surface area contributed by atoms with Crippen molar-refractivity contribution in [3.05, 3.63) is 143 Å². The Morgan fingerprint density at radius 3 is 1.21 bits per heavy atom. The van der Waals surface area contributed by atoms with Gasteiger partial charge in [-0.2, -0.15) is 0 Å². The van der Waals surface area contributed by atoms with Crippen LogP contribution in [0.4, 0.5) is 0 Å². The van der Waals surface area contributed by atoms with Gasteiger partial charge < -0.3 is 9.80 Å². The highest BCUT2D eigenvalue weighted by Crippen LogP contribution is 2.15. The average molecular weight is 505 g/mol. The number of rotatable bonds is 11. The Balaban J connectivity index is 1.53. The summed E-state index contributed by atoms with van der Waals surface area (Å²) in [7, 11) is 0. The molecule has 0 radical (unpaired) electrons. The Hall–Kier alpha value is -4.18. The zero-order valence-corrected chi connectivity index (χ0v) is 22.3. The van der Waals surface area contributed by atoms with Crippen molar-refractivity contribution in [2.24, 2.45) is 0 Å². The summed E-state index contributed by atoms with van der Waals surface area (Å²) in [6, 6.07) is 36.1. The molecule has 0 aliphatic rings. The van der Waals surface area contributed by atoms with E-state index in [1.54, 1.807) is 0 Å². The lowest BCUT2D eigenvalue weighted by atomic mass is 10.0. The van der Waals surface area contributed by atoms with E-state index in [-0.39, 0.29) is 11.8 Å². The molecule has 0 fully saturated rings. The summed E-state index contributed by atoms with van der Waals surface area (Å²) in [6.45, 7) is 6.03. The molecule has 2 amide bonds. The molecule has 0 atom stereocenters. The second-order valence-corrected chi connectivity index (χ2v) is 9.81. The van der Waals surface area contributed by atoms with Crippen LogP contribution in [0.2, 0.25) is 0 Å². The van der Waals surface area contributed by atoms with Gasteiger partial charge >= 0.3 is 0 Å². The molecule has 4 rings (SSSR count). The summed E-state index contributed by atoms with van der Waals surface area (Å²) in [5.74, 6) is 0.128. The summed E-state index contributed by atoms with van der Waals surface area (Å²) in [5.41, 5.74) is 6.44. The molecule has 0 saturated heterocycles. The first-order valence-corrected chi connectivity index (χ1v) is 13.2. The lowest BCUT2D eigenvalue weighted by Crippen LogP contribution is -2.41. The summed E-state index contributed by atoms with van der Waals surface area (Å²) < 4.78 is 0. The average Bonchev–Trinajstić information content (AvgIpc) is 2.93. The van der Waals surface area contributed by atoms with Crippen molar-refractivity contribution in [2.45, 2.75) is 39.8 Å². The maximum absolute atomic E-state index is 13.6. The SMILES string of the molecule is Cc1ccccc1CC(=O)N(CCN(Cc1ccccc1)C(=O)Cc1ccccc1C)Cc1ccccc1. The smallest absolute Gasteiger partial charge is 0.227 e. The number of nitrogens with zero attached hydrogens (tertiary/aromatic N) is 2. The second kappa shape index (κ2) is 13.4. The van der Waals surface area contributed by atoms with Crippen LogP contribution >= 0.6 is 0 Å². The molecule has 0 aromatic heterocycles. The van der Waals surface area contributed by atoms with Crippen LogP contribution in [0.15, 0.2) is 109 Å². The standard InChI is InChI=1S/C34H36N2O2/c1-27-13-9-11-19-31(27)23-33(37)35(25-29-15-5-3-6-16-29)21-22-36(26-30-17-7-4-8-18-30)34(38)24-32-20-12-10-14-28(32)2/h3-20H,21-26H2,1-2H3. The minimum atomic E-state index is 0.0640. The van der Waals surface area contributed by atoms with E-state index in [1.807, 2.05) is 133 Å². The zero-order chi connectivity index (χ0) is 26.7. The van der Waals surface area contributed by atoms with E-state index in [2.05, 4.69) is 0 Å². The van der Waals surface area contributed by atoms with Crippen LogP contribution in [0.5, 0.6) is 0 Å². The van der Waals surface area contributed by atoms with Gasteiger partial charge in [0.2, 0.25) is 11.8 Å². The summed E-state index contributed by atoms with van der Waals surface area (Å²) in [6.07, 6.45) is 0.685. The third-order valence-electron chi connectivity index (χ3n) is 6.98. The highest BCUT2D eigenvalue weighted by Gasteiger charge is 2.20. The van der Waals surface area contributed by atoms with Crippen LogP contribution < -0.4 is 0 Å². The zero-order valence-electron chi connectivity index (χ0n) is 22.3. The van der Waals surface area contributed by atoms with E-state index in [0.29, 0.717) is 39.0 Å². The van der Waals surface area contributed by atoms with Gasteiger partial charge in [-0.05, 0) is 47.2 Å². The van der Waals surface area contributed by atoms with Crippen molar-refractivity contribution in [3.8, 4) is 0 Å². The summed E-state index contributed by atoms with van der Waals surface area (Å²) >= 11 is 0. The Morgan fingerprint density at radius 2 is 0.842 bits per heavy atom. The van der Waals surface area contributed by atoms with Crippen LogP contribution in [0, 0.1) is 13.8 Å². The van der Waals surface area contributed by atoms with Gasteiger partial charge in [0.25, 0.3) is 0 Å². The second-order valence-electron chi connectivity index (χ2n) is 9.81. The molecule has 4 aromatic carbocycles. The quantitative estimate of drug-likeness (QED) is 0.246. The Labute approximate surface area is 226 Å². The minimum Gasteiger partial charge on any atom is -0.336 e. The van der Waals surface area contributed by atoms with E-state index in [4.69, 9.17) is 0 Å². The molecule has 0 saturated carbocycles. The van der Waals surface area contributed by atoms with Crippen molar-refractivity contribution in [2.75, 3.05) is 13.1 Å². The third kappa shape index (κ3) is 7.66. The molecule has 4 nitrogen and oxygen atoms in total. The van der Waals surface area contributed by atoms with Crippen LogP contribution in [-0.4, -0.2) is 34.7 Å².